The number of benzene rings is 1. The molecule has 5 N–H and O–H groups in total. The van der Waals surface area contributed by atoms with Crippen molar-refractivity contribution in [1.29, 1.82) is 0 Å². The second-order valence-corrected chi connectivity index (χ2v) is 2.80. The van der Waals surface area contributed by atoms with Crippen molar-refractivity contribution in [2.75, 3.05) is 5.73 Å². The Bertz CT molecular complexity index is 248. The first-order chi connectivity index (χ1) is 5.70. The molecule has 0 aromatic heterocycles. The molecule has 1 atom stereocenters. The van der Waals surface area contributed by atoms with Crippen molar-refractivity contribution in [2.24, 2.45) is 5.73 Å². The Balaban J connectivity index is 2.57. The van der Waals surface area contributed by atoms with Crippen LogP contribution in [0.3, 0.4) is 0 Å². The van der Waals surface area contributed by atoms with Crippen molar-refractivity contribution < 1.29 is 5.11 Å². The first-order valence-electron chi connectivity index (χ1n) is 3.97. The zero-order valence-electron chi connectivity index (χ0n) is 6.90. The van der Waals surface area contributed by atoms with Crippen molar-refractivity contribution in [2.45, 2.75) is 19.1 Å². The molecule has 0 aliphatic heterocycles. The molecule has 0 fully saturated rings. The minimum Gasteiger partial charge on any atom is -0.399 e. The minimum absolute atomic E-state index is 0.550. The highest BCUT2D eigenvalue weighted by Gasteiger charge is 2.00. The Labute approximate surface area is 72.0 Å². The number of aryl methyl sites for hydroxylation is 1. The second-order valence-electron chi connectivity index (χ2n) is 2.80. The number of rotatable bonds is 3. The van der Waals surface area contributed by atoms with Gasteiger partial charge < -0.3 is 16.6 Å². The minimum atomic E-state index is -0.746. The highest BCUT2D eigenvalue weighted by Crippen LogP contribution is 2.12. The van der Waals surface area contributed by atoms with E-state index in [-0.39, 0.29) is 0 Å². The topological polar surface area (TPSA) is 72.3 Å². The van der Waals surface area contributed by atoms with Crippen LogP contribution < -0.4 is 11.5 Å². The quantitative estimate of drug-likeness (QED) is 0.451. The Morgan fingerprint density at radius 3 is 2.58 bits per heavy atom. The lowest BCUT2D eigenvalue weighted by atomic mass is 10.1. The van der Waals surface area contributed by atoms with Gasteiger partial charge in [0.1, 0.15) is 6.23 Å². The van der Waals surface area contributed by atoms with E-state index in [1.807, 2.05) is 24.3 Å². The van der Waals surface area contributed by atoms with Gasteiger partial charge in [0.25, 0.3) is 0 Å². The van der Waals surface area contributed by atoms with E-state index in [2.05, 4.69) is 0 Å². The summed E-state index contributed by atoms with van der Waals surface area (Å²) in [4.78, 5) is 0. The van der Waals surface area contributed by atoms with Gasteiger partial charge in [0.15, 0.2) is 0 Å². The monoisotopic (exact) mass is 166 g/mol. The maximum atomic E-state index is 8.84. The number of nitrogens with two attached hydrogens (primary N) is 2. The van der Waals surface area contributed by atoms with Crippen LogP contribution in [0.4, 0.5) is 5.69 Å². The molecule has 0 amide bonds. The van der Waals surface area contributed by atoms with Gasteiger partial charge in [0.05, 0.1) is 0 Å². The fraction of sp³-hybridized carbons (Fsp3) is 0.333. The molecule has 3 nitrogen and oxygen atoms in total. The smallest absolute Gasteiger partial charge is 0.102 e. The van der Waals surface area contributed by atoms with Crippen molar-refractivity contribution in [3.05, 3.63) is 29.8 Å². The van der Waals surface area contributed by atoms with E-state index in [0.717, 1.165) is 17.7 Å². The van der Waals surface area contributed by atoms with E-state index in [4.69, 9.17) is 16.6 Å². The highest BCUT2D eigenvalue weighted by molar-refractivity contribution is 5.46. The van der Waals surface area contributed by atoms with E-state index in [1.165, 1.54) is 0 Å². The number of nitrogen functional groups attached to an aromatic ring is 1. The second kappa shape index (κ2) is 4.09. The van der Waals surface area contributed by atoms with Crippen LogP contribution in [-0.4, -0.2) is 11.3 Å². The zero-order valence-corrected chi connectivity index (χ0v) is 6.90. The van der Waals surface area contributed by atoms with Gasteiger partial charge in [0, 0.05) is 5.69 Å². The highest BCUT2D eigenvalue weighted by atomic mass is 16.3. The van der Waals surface area contributed by atoms with E-state index in [1.54, 1.807) is 0 Å². The largest absolute Gasteiger partial charge is 0.399 e. The summed E-state index contributed by atoms with van der Waals surface area (Å²) in [6, 6.07) is 7.60. The Morgan fingerprint density at radius 2 is 2.00 bits per heavy atom. The Kier molecular flexibility index (Phi) is 3.08. The van der Waals surface area contributed by atoms with Gasteiger partial charge >= 0.3 is 0 Å². The Hall–Kier alpha value is -1.06. The third-order valence-electron chi connectivity index (χ3n) is 1.76. The molecule has 0 saturated heterocycles. The van der Waals surface area contributed by atoms with Crippen LogP contribution in [0.25, 0.3) is 0 Å². The van der Waals surface area contributed by atoms with Gasteiger partial charge in [-0.15, -0.1) is 0 Å². The first kappa shape index (κ1) is 9.03. The fourth-order valence-electron chi connectivity index (χ4n) is 1.07. The van der Waals surface area contributed by atoms with E-state index < -0.39 is 6.23 Å². The molecule has 0 bridgehead atoms. The molecular weight excluding hydrogens is 152 g/mol. The average Bonchev–Trinajstić information content (AvgIpc) is 2.03. The van der Waals surface area contributed by atoms with Crippen molar-refractivity contribution in [3.63, 3.8) is 0 Å². The van der Waals surface area contributed by atoms with Gasteiger partial charge in [-0.25, -0.2) is 0 Å². The number of para-hydroxylation sites is 1. The van der Waals surface area contributed by atoms with Crippen LogP contribution in [0, 0.1) is 0 Å². The summed E-state index contributed by atoms with van der Waals surface area (Å²) in [5, 5.41) is 8.84. The van der Waals surface area contributed by atoms with Crippen molar-refractivity contribution in [3.8, 4) is 0 Å². The summed E-state index contributed by atoms with van der Waals surface area (Å²) in [7, 11) is 0. The zero-order chi connectivity index (χ0) is 8.97. The number of anilines is 1. The molecule has 0 aliphatic carbocycles. The van der Waals surface area contributed by atoms with Crippen LogP contribution in [-0.2, 0) is 6.42 Å². The summed E-state index contributed by atoms with van der Waals surface area (Å²) in [5.74, 6) is 0. The molecule has 1 aromatic carbocycles. The molecule has 12 heavy (non-hydrogen) atoms. The van der Waals surface area contributed by atoms with Crippen LogP contribution in [0.5, 0.6) is 0 Å². The number of hydrogen-bond donors (Lipinski definition) is 3. The average molecular weight is 166 g/mol. The third-order valence-corrected chi connectivity index (χ3v) is 1.76. The van der Waals surface area contributed by atoms with Gasteiger partial charge in [0.2, 0.25) is 0 Å². The number of aliphatic hydroxyl groups is 1. The molecule has 1 unspecified atom stereocenters. The van der Waals surface area contributed by atoms with Gasteiger partial charge in [-0.3, -0.25) is 0 Å². The molecule has 66 valence electrons. The molecule has 0 aliphatic rings. The van der Waals surface area contributed by atoms with Crippen LogP contribution in [0.1, 0.15) is 12.0 Å². The van der Waals surface area contributed by atoms with Gasteiger partial charge in [-0.05, 0) is 24.5 Å². The molecule has 0 saturated carbocycles. The van der Waals surface area contributed by atoms with Crippen LogP contribution in [0.2, 0.25) is 0 Å². The summed E-state index contributed by atoms with van der Waals surface area (Å²) in [5.41, 5.74) is 12.7. The lowest BCUT2D eigenvalue weighted by Crippen LogP contribution is -2.19. The predicted molar refractivity (Wildman–Crippen MR) is 49.4 cm³/mol. The first-order valence-corrected chi connectivity index (χ1v) is 3.97. The molecule has 0 spiro atoms. The fourth-order valence-corrected chi connectivity index (χ4v) is 1.07. The lowest BCUT2D eigenvalue weighted by Gasteiger charge is -2.06. The van der Waals surface area contributed by atoms with Crippen LogP contribution in [0.15, 0.2) is 24.3 Å². The van der Waals surface area contributed by atoms with Crippen LogP contribution >= 0.6 is 0 Å². The lowest BCUT2D eigenvalue weighted by molar-refractivity contribution is 0.172. The number of hydrogen-bond acceptors (Lipinski definition) is 3. The molecule has 0 heterocycles. The summed E-state index contributed by atoms with van der Waals surface area (Å²) >= 11 is 0. The molecular formula is C9H14N2O. The molecule has 1 rings (SSSR count). The summed E-state index contributed by atoms with van der Waals surface area (Å²) < 4.78 is 0. The maximum Gasteiger partial charge on any atom is 0.102 e. The normalized spacial score (nSPS) is 12.8. The van der Waals surface area contributed by atoms with E-state index >= 15 is 0 Å². The number of aliphatic hydroxyl groups excluding tert-OH is 1. The SMILES string of the molecule is Nc1ccccc1CCC(N)O. The molecule has 3 heteroatoms. The molecule has 0 radical (unpaired) electrons. The van der Waals surface area contributed by atoms with Gasteiger partial charge in [-0.2, -0.15) is 0 Å². The van der Waals surface area contributed by atoms with Crippen molar-refractivity contribution in [1.82, 2.24) is 0 Å². The maximum absolute atomic E-state index is 8.84. The summed E-state index contributed by atoms with van der Waals surface area (Å²) in [6.07, 6.45) is 0.531. The molecule has 1 aromatic rings. The standard InChI is InChI=1S/C9H14N2O/c10-8-4-2-1-3-7(8)5-6-9(11)12/h1-4,9,12H,5-6,10-11H2. The summed E-state index contributed by atoms with van der Waals surface area (Å²) in [6.45, 7) is 0. The third kappa shape index (κ3) is 2.53. The predicted octanol–water partition coefficient (Wildman–Crippen LogP) is 0.478. The van der Waals surface area contributed by atoms with Gasteiger partial charge in [-0.1, -0.05) is 18.2 Å². The van der Waals surface area contributed by atoms with E-state index in [0.29, 0.717) is 6.42 Å². The van der Waals surface area contributed by atoms with E-state index in [9.17, 15) is 0 Å². The Morgan fingerprint density at radius 1 is 1.33 bits per heavy atom. The van der Waals surface area contributed by atoms with Crippen molar-refractivity contribution >= 4 is 5.69 Å².